The molecule has 0 atom stereocenters. The highest BCUT2D eigenvalue weighted by Crippen LogP contribution is 2.49. The van der Waals surface area contributed by atoms with E-state index in [0.717, 1.165) is 28.8 Å². The molecule has 0 unspecified atom stereocenters. The van der Waals surface area contributed by atoms with Crippen LogP contribution in [0.2, 0.25) is 5.02 Å². The lowest BCUT2D eigenvalue weighted by molar-refractivity contribution is -0.00172. The molecule has 1 amide bonds. The maximum atomic E-state index is 13.1. The molecule has 2 aromatic carbocycles. The van der Waals surface area contributed by atoms with Crippen molar-refractivity contribution in [1.29, 1.82) is 0 Å². The number of hydrogen-bond acceptors (Lipinski definition) is 5. The Morgan fingerprint density at radius 2 is 1.88 bits per heavy atom. The number of aromatic nitrogens is 2. The number of amides is 1. The van der Waals surface area contributed by atoms with E-state index in [1.807, 2.05) is 42.2 Å². The quantitative estimate of drug-likeness (QED) is 0.569. The number of ether oxygens (including phenoxy) is 1. The number of likely N-dealkylation sites (tertiary alicyclic amines) is 1. The van der Waals surface area contributed by atoms with E-state index in [-0.39, 0.29) is 15.8 Å². The number of hydrogen-bond donors (Lipinski definition) is 0. The van der Waals surface area contributed by atoms with Crippen molar-refractivity contribution in [3.05, 3.63) is 64.8 Å². The molecule has 0 aliphatic carbocycles. The molecule has 2 aliphatic heterocycles. The summed E-state index contributed by atoms with van der Waals surface area (Å²) in [4.78, 5) is 15.0. The highest BCUT2D eigenvalue weighted by atomic mass is 35.5. The van der Waals surface area contributed by atoms with Gasteiger partial charge < -0.3 is 9.64 Å². The number of aryl methyl sites for hydroxylation is 1. The van der Waals surface area contributed by atoms with Gasteiger partial charge in [-0.2, -0.15) is 5.10 Å². The standard InChI is InChI=1S/C23H22ClN3O4S/c1-26-21-17-5-3-4-6-20(17)31-23(18(21)14-25-26)9-11-27(12-10-23)22(28)16-8-7-15(13-19(16)24)32(2,29)30/h3-8,13-14H,9-12H2,1-2H3. The molecule has 3 aromatic rings. The summed E-state index contributed by atoms with van der Waals surface area (Å²) in [5, 5.41) is 4.61. The van der Waals surface area contributed by atoms with E-state index in [4.69, 9.17) is 16.3 Å². The third-order valence-corrected chi connectivity index (χ3v) is 7.76. The van der Waals surface area contributed by atoms with Gasteiger partial charge in [-0.25, -0.2) is 8.42 Å². The van der Waals surface area contributed by atoms with Gasteiger partial charge in [0.15, 0.2) is 9.84 Å². The lowest BCUT2D eigenvalue weighted by Gasteiger charge is -2.44. The number of carbonyl (C=O) groups is 1. The van der Waals surface area contributed by atoms with Gasteiger partial charge >= 0.3 is 0 Å². The Morgan fingerprint density at radius 1 is 1.16 bits per heavy atom. The molecule has 1 fully saturated rings. The first-order valence-electron chi connectivity index (χ1n) is 10.3. The molecule has 32 heavy (non-hydrogen) atoms. The van der Waals surface area contributed by atoms with E-state index in [0.29, 0.717) is 31.5 Å². The molecule has 0 saturated carbocycles. The monoisotopic (exact) mass is 471 g/mol. The second-order valence-electron chi connectivity index (χ2n) is 8.33. The molecule has 1 spiro atoms. The third-order valence-electron chi connectivity index (χ3n) is 6.33. The summed E-state index contributed by atoms with van der Waals surface area (Å²) in [6, 6.07) is 12.2. The topological polar surface area (TPSA) is 81.5 Å². The van der Waals surface area contributed by atoms with Gasteiger partial charge in [0.1, 0.15) is 11.4 Å². The minimum Gasteiger partial charge on any atom is -0.482 e. The molecule has 1 saturated heterocycles. The van der Waals surface area contributed by atoms with Crippen molar-refractivity contribution in [3.8, 4) is 17.0 Å². The number of para-hydroxylation sites is 1. The molecular weight excluding hydrogens is 450 g/mol. The number of halogens is 1. The van der Waals surface area contributed by atoms with Gasteiger partial charge in [-0.1, -0.05) is 23.7 Å². The van der Waals surface area contributed by atoms with Gasteiger partial charge in [-0.3, -0.25) is 9.48 Å². The fraction of sp³-hybridized carbons (Fsp3) is 0.304. The highest BCUT2D eigenvalue weighted by molar-refractivity contribution is 7.90. The number of fused-ring (bicyclic) bond motifs is 4. The van der Waals surface area contributed by atoms with Crippen LogP contribution in [0.15, 0.2) is 53.6 Å². The summed E-state index contributed by atoms with van der Waals surface area (Å²) in [6.45, 7) is 0.971. The summed E-state index contributed by atoms with van der Waals surface area (Å²) >= 11 is 6.27. The van der Waals surface area contributed by atoms with Gasteiger partial charge in [0.25, 0.3) is 5.91 Å². The Bertz CT molecular complexity index is 1340. The second kappa shape index (κ2) is 7.35. The third kappa shape index (κ3) is 3.29. The number of rotatable bonds is 2. The minimum atomic E-state index is -3.40. The van der Waals surface area contributed by atoms with E-state index in [9.17, 15) is 13.2 Å². The minimum absolute atomic E-state index is 0.0926. The summed E-state index contributed by atoms with van der Waals surface area (Å²) in [7, 11) is -1.47. The number of carbonyl (C=O) groups excluding carboxylic acids is 1. The molecule has 0 N–H and O–H groups in total. The molecule has 3 heterocycles. The van der Waals surface area contributed by atoms with Crippen molar-refractivity contribution < 1.29 is 17.9 Å². The first-order chi connectivity index (χ1) is 15.2. The van der Waals surface area contributed by atoms with Crippen LogP contribution in [0.25, 0.3) is 11.3 Å². The van der Waals surface area contributed by atoms with Crippen molar-refractivity contribution in [3.63, 3.8) is 0 Å². The van der Waals surface area contributed by atoms with E-state index in [1.165, 1.54) is 18.2 Å². The average molecular weight is 472 g/mol. The van der Waals surface area contributed by atoms with Gasteiger partial charge in [-0.15, -0.1) is 0 Å². The van der Waals surface area contributed by atoms with Crippen LogP contribution < -0.4 is 4.74 Å². The number of sulfone groups is 1. The van der Waals surface area contributed by atoms with Crippen LogP contribution in [-0.2, 0) is 22.5 Å². The zero-order chi connectivity index (χ0) is 22.7. The van der Waals surface area contributed by atoms with Crippen molar-refractivity contribution >= 4 is 27.3 Å². The van der Waals surface area contributed by atoms with E-state index in [2.05, 4.69) is 5.10 Å². The van der Waals surface area contributed by atoms with Crippen LogP contribution in [0.1, 0.15) is 28.8 Å². The molecule has 1 aromatic heterocycles. The Morgan fingerprint density at radius 3 is 2.56 bits per heavy atom. The largest absolute Gasteiger partial charge is 0.482 e. The maximum absolute atomic E-state index is 13.1. The molecule has 166 valence electrons. The fourth-order valence-electron chi connectivity index (χ4n) is 4.62. The van der Waals surface area contributed by atoms with Crippen LogP contribution in [0.3, 0.4) is 0 Å². The van der Waals surface area contributed by atoms with Crippen LogP contribution in [0.5, 0.6) is 5.75 Å². The van der Waals surface area contributed by atoms with Gasteiger partial charge in [0.05, 0.1) is 27.4 Å². The number of benzene rings is 2. The Labute approximate surface area is 191 Å². The lowest BCUT2D eigenvalue weighted by Crippen LogP contribution is -2.49. The second-order valence-corrected chi connectivity index (χ2v) is 10.8. The van der Waals surface area contributed by atoms with Crippen molar-refractivity contribution in [2.75, 3.05) is 19.3 Å². The van der Waals surface area contributed by atoms with Gasteiger partial charge in [0, 0.05) is 50.4 Å². The summed E-state index contributed by atoms with van der Waals surface area (Å²) in [5.74, 6) is 0.607. The number of nitrogens with zero attached hydrogens (tertiary/aromatic N) is 3. The number of piperidine rings is 1. The smallest absolute Gasteiger partial charge is 0.255 e. The van der Waals surface area contributed by atoms with E-state index >= 15 is 0 Å². The highest BCUT2D eigenvalue weighted by Gasteiger charge is 2.46. The van der Waals surface area contributed by atoms with Gasteiger partial charge in [0.2, 0.25) is 0 Å². The lowest BCUT2D eigenvalue weighted by atomic mass is 9.81. The first kappa shape index (κ1) is 21.0. The molecule has 0 radical (unpaired) electrons. The average Bonchev–Trinajstić information content (AvgIpc) is 3.16. The Hall–Kier alpha value is -2.84. The van der Waals surface area contributed by atoms with E-state index < -0.39 is 15.4 Å². The summed E-state index contributed by atoms with van der Waals surface area (Å²) in [6.07, 6.45) is 4.21. The molecule has 9 heteroatoms. The van der Waals surface area contributed by atoms with Crippen molar-refractivity contribution in [2.24, 2.45) is 7.05 Å². The Kier molecular flexibility index (Phi) is 4.83. The molecule has 7 nitrogen and oxygen atoms in total. The van der Waals surface area contributed by atoms with Crippen LogP contribution in [-0.4, -0.2) is 48.4 Å². The molecular formula is C23H22ClN3O4S. The predicted octanol–water partition coefficient (Wildman–Crippen LogP) is 3.67. The predicted molar refractivity (Wildman–Crippen MR) is 121 cm³/mol. The summed E-state index contributed by atoms with van der Waals surface area (Å²) in [5.41, 5.74) is 2.86. The Balaban J connectivity index is 1.41. The molecule has 5 rings (SSSR count). The van der Waals surface area contributed by atoms with Crippen LogP contribution >= 0.6 is 11.6 Å². The van der Waals surface area contributed by atoms with Crippen LogP contribution in [0.4, 0.5) is 0 Å². The zero-order valence-electron chi connectivity index (χ0n) is 17.7. The SMILES string of the molecule is Cn1ncc2c1-c1ccccc1OC21CCN(C(=O)c2ccc(S(C)(=O)=O)cc2Cl)CC1. The molecule has 2 aliphatic rings. The van der Waals surface area contributed by atoms with Crippen molar-refractivity contribution in [2.45, 2.75) is 23.3 Å². The summed E-state index contributed by atoms with van der Waals surface area (Å²) < 4.78 is 31.9. The first-order valence-corrected chi connectivity index (χ1v) is 12.6. The zero-order valence-corrected chi connectivity index (χ0v) is 19.3. The van der Waals surface area contributed by atoms with Crippen LogP contribution in [0, 0.1) is 0 Å². The maximum Gasteiger partial charge on any atom is 0.255 e. The normalized spacial score (nSPS) is 16.9. The fourth-order valence-corrected chi connectivity index (χ4v) is 5.59. The molecule has 0 bridgehead atoms. The van der Waals surface area contributed by atoms with Crippen molar-refractivity contribution in [1.82, 2.24) is 14.7 Å². The van der Waals surface area contributed by atoms with Gasteiger partial charge in [-0.05, 0) is 30.3 Å². The van der Waals surface area contributed by atoms with E-state index in [1.54, 1.807) is 4.90 Å².